The third kappa shape index (κ3) is 3.30. The SMILES string of the molecule is C[C@@H](C(=O)NCCc1c[nH]c2ccc(Cl)cc12)N1Cc2ccccc2C1=O. The Kier molecular flexibility index (Phi) is 4.62. The quantitative estimate of drug-likeness (QED) is 0.710. The summed E-state index contributed by atoms with van der Waals surface area (Å²) in [6.45, 7) is 2.74. The van der Waals surface area contributed by atoms with Crippen molar-refractivity contribution < 1.29 is 9.59 Å². The van der Waals surface area contributed by atoms with E-state index < -0.39 is 6.04 Å². The van der Waals surface area contributed by atoms with E-state index in [1.807, 2.05) is 48.7 Å². The molecule has 0 saturated carbocycles. The molecular weight excluding hydrogens is 362 g/mol. The monoisotopic (exact) mass is 381 g/mol. The molecule has 2 heterocycles. The van der Waals surface area contributed by atoms with E-state index in [0.29, 0.717) is 30.1 Å². The molecule has 1 aromatic heterocycles. The molecule has 0 unspecified atom stereocenters. The second kappa shape index (κ2) is 7.08. The smallest absolute Gasteiger partial charge is 0.255 e. The van der Waals surface area contributed by atoms with Gasteiger partial charge < -0.3 is 15.2 Å². The number of hydrogen-bond donors (Lipinski definition) is 2. The zero-order valence-corrected chi connectivity index (χ0v) is 15.7. The number of nitrogens with zero attached hydrogens (tertiary/aromatic N) is 1. The fourth-order valence-corrected chi connectivity index (χ4v) is 3.73. The number of aromatic nitrogens is 1. The Morgan fingerprint density at radius 2 is 2.11 bits per heavy atom. The number of benzene rings is 2. The molecule has 1 aliphatic heterocycles. The predicted molar refractivity (Wildman–Crippen MR) is 106 cm³/mol. The number of H-pyrrole nitrogens is 1. The first-order valence-electron chi connectivity index (χ1n) is 8.96. The molecule has 0 spiro atoms. The van der Waals surface area contributed by atoms with Crippen molar-refractivity contribution in [2.45, 2.75) is 25.9 Å². The number of nitrogens with one attached hydrogen (secondary N) is 2. The Morgan fingerprint density at radius 3 is 2.93 bits per heavy atom. The molecule has 0 saturated heterocycles. The van der Waals surface area contributed by atoms with Gasteiger partial charge in [-0.05, 0) is 48.7 Å². The van der Waals surface area contributed by atoms with Crippen LogP contribution in [0.15, 0.2) is 48.7 Å². The number of halogens is 1. The molecule has 5 nitrogen and oxygen atoms in total. The number of aromatic amines is 1. The van der Waals surface area contributed by atoms with Gasteiger partial charge in [-0.1, -0.05) is 29.8 Å². The molecule has 27 heavy (non-hydrogen) atoms. The summed E-state index contributed by atoms with van der Waals surface area (Å²) in [5, 5.41) is 4.70. The zero-order valence-electron chi connectivity index (χ0n) is 15.0. The lowest BCUT2D eigenvalue weighted by Crippen LogP contribution is -2.45. The Balaban J connectivity index is 1.37. The predicted octanol–water partition coefficient (Wildman–Crippen LogP) is 3.52. The van der Waals surface area contributed by atoms with E-state index in [-0.39, 0.29) is 11.8 Å². The molecule has 1 atom stereocenters. The second-order valence-corrected chi connectivity index (χ2v) is 7.25. The van der Waals surface area contributed by atoms with E-state index in [2.05, 4.69) is 10.3 Å². The van der Waals surface area contributed by atoms with Gasteiger partial charge in [-0.15, -0.1) is 0 Å². The van der Waals surface area contributed by atoms with E-state index in [9.17, 15) is 9.59 Å². The van der Waals surface area contributed by atoms with Gasteiger partial charge in [-0.2, -0.15) is 0 Å². The first kappa shape index (κ1) is 17.6. The van der Waals surface area contributed by atoms with Crippen molar-refractivity contribution in [3.63, 3.8) is 0 Å². The van der Waals surface area contributed by atoms with Crippen molar-refractivity contribution >= 4 is 34.3 Å². The minimum absolute atomic E-state index is 0.0838. The summed E-state index contributed by atoms with van der Waals surface area (Å²) in [5.74, 6) is -0.228. The van der Waals surface area contributed by atoms with Gasteiger partial charge in [0.05, 0.1) is 0 Å². The maximum Gasteiger partial charge on any atom is 0.255 e. The maximum atomic E-state index is 12.5. The molecule has 2 aromatic carbocycles. The zero-order chi connectivity index (χ0) is 19.0. The van der Waals surface area contributed by atoms with Gasteiger partial charge in [-0.3, -0.25) is 9.59 Å². The van der Waals surface area contributed by atoms with Crippen LogP contribution in [0.3, 0.4) is 0 Å². The summed E-state index contributed by atoms with van der Waals surface area (Å²) in [4.78, 5) is 29.9. The fraction of sp³-hybridized carbons (Fsp3) is 0.238. The average Bonchev–Trinajstić information content (AvgIpc) is 3.22. The van der Waals surface area contributed by atoms with Gasteiger partial charge in [0.2, 0.25) is 5.91 Å². The Bertz CT molecular complexity index is 1030. The third-order valence-corrected chi connectivity index (χ3v) is 5.35. The van der Waals surface area contributed by atoms with Crippen LogP contribution in [0.1, 0.15) is 28.4 Å². The average molecular weight is 382 g/mol. The first-order valence-corrected chi connectivity index (χ1v) is 9.34. The molecule has 2 N–H and O–H groups in total. The Labute approximate surface area is 162 Å². The summed E-state index contributed by atoms with van der Waals surface area (Å²) in [6, 6.07) is 12.7. The van der Waals surface area contributed by atoms with Crippen molar-refractivity contribution in [3.05, 3.63) is 70.4 Å². The van der Waals surface area contributed by atoms with E-state index in [0.717, 1.165) is 22.0 Å². The standard InChI is InChI=1S/C21H20ClN3O2/c1-13(25-12-15-4-2-3-5-17(15)21(25)27)20(26)23-9-8-14-11-24-19-7-6-16(22)10-18(14)19/h2-7,10-11,13,24H,8-9,12H2,1H3,(H,23,26)/t13-/m0/s1. The summed E-state index contributed by atoms with van der Waals surface area (Å²) in [5.41, 5.74) is 3.78. The van der Waals surface area contributed by atoms with Crippen molar-refractivity contribution in [1.29, 1.82) is 0 Å². The van der Waals surface area contributed by atoms with Crippen LogP contribution in [0.4, 0.5) is 0 Å². The lowest BCUT2D eigenvalue weighted by Gasteiger charge is -2.23. The largest absolute Gasteiger partial charge is 0.361 e. The van der Waals surface area contributed by atoms with Crippen LogP contribution in [-0.4, -0.2) is 34.3 Å². The van der Waals surface area contributed by atoms with Crippen LogP contribution in [0.5, 0.6) is 0 Å². The number of fused-ring (bicyclic) bond motifs is 2. The van der Waals surface area contributed by atoms with Crippen molar-refractivity contribution in [3.8, 4) is 0 Å². The van der Waals surface area contributed by atoms with Crippen molar-refractivity contribution in [1.82, 2.24) is 15.2 Å². The van der Waals surface area contributed by atoms with Crippen LogP contribution in [0, 0.1) is 0 Å². The molecule has 0 bridgehead atoms. The summed E-state index contributed by atoms with van der Waals surface area (Å²) >= 11 is 6.08. The highest BCUT2D eigenvalue weighted by Gasteiger charge is 2.33. The Morgan fingerprint density at radius 1 is 1.30 bits per heavy atom. The summed E-state index contributed by atoms with van der Waals surface area (Å²) in [7, 11) is 0. The van der Waals surface area contributed by atoms with Crippen LogP contribution < -0.4 is 5.32 Å². The molecule has 0 radical (unpaired) electrons. The molecule has 1 aliphatic rings. The molecule has 6 heteroatoms. The number of carbonyl (C=O) groups is 2. The normalized spacial score (nSPS) is 14.4. The molecule has 0 fully saturated rings. The van der Waals surface area contributed by atoms with E-state index in [4.69, 9.17) is 11.6 Å². The number of amides is 2. The van der Waals surface area contributed by atoms with Crippen LogP contribution >= 0.6 is 11.6 Å². The van der Waals surface area contributed by atoms with E-state index in [1.54, 1.807) is 11.8 Å². The van der Waals surface area contributed by atoms with Gasteiger partial charge in [0.15, 0.2) is 0 Å². The van der Waals surface area contributed by atoms with Gasteiger partial charge in [-0.25, -0.2) is 0 Å². The molecular formula is C21H20ClN3O2. The molecule has 138 valence electrons. The van der Waals surface area contributed by atoms with Crippen LogP contribution in [0.25, 0.3) is 10.9 Å². The maximum absolute atomic E-state index is 12.5. The topological polar surface area (TPSA) is 65.2 Å². The van der Waals surface area contributed by atoms with Gasteiger partial charge >= 0.3 is 0 Å². The molecule has 0 aliphatic carbocycles. The van der Waals surface area contributed by atoms with Crippen LogP contribution in [0.2, 0.25) is 5.02 Å². The lowest BCUT2D eigenvalue weighted by atomic mass is 10.1. The highest BCUT2D eigenvalue weighted by Crippen LogP contribution is 2.25. The van der Waals surface area contributed by atoms with E-state index in [1.165, 1.54) is 0 Å². The van der Waals surface area contributed by atoms with Gasteiger partial charge in [0.1, 0.15) is 6.04 Å². The highest BCUT2D eigenvalue weighted by molar-refractivity contribution is 6.31. The van der Waals surface area contributed by atoms with Crippen molar-refractivity contribution in [2.24, 2.45) is 0 Å². The summed E-state index contributed by atoms with van der Waals surface area (Å²) < 4.78 is 0. The lowest BCUT2D eigenvalue weighted by molar-refractivity contribution is -0.125. The van der Waals surface area contributed by atoms with Crippen molar-refractivity contribution in [2.75, 3.05) is 6.54 Å². The molecule has 4 rings (SSSR count). The van der Waals surface area contributed by atoms with E-state index >= 15 is 0 Å². The van der Waals surface area contributed by atoms with Crippen LogP contribution in [-0.2, 0) is 17.8 Å². The molecule has 3 aromatic rings. The highest BCUT2D eigenvalue weighted by atomic mass is 35.5. The number of hydrogen-bond acceptors (Lipinski definition) is 2. The number of rotatable bonds is 5. The van der Waals surface area contributed by atoms with Gasteiger partial charge in [0, 0.05) is 40.8 Å². The summed E-state index contributed by atoms with van der Waals surface area (Å²) in [6.07, 6.45) is 2.63. The third-order valence-electron chi connectivity index (χ3n) is 5.12. The Hall–Kier alpha value is -2.79. The minimum Gasteiger partial charge on any atom is -0.361 e. The molecule has 2 amide bonds. The first-order chi connectivity index (χ1) is 13.0. The minimum atomic E-state index is -0.512. The van der Waals surface area contributed by atoms with Gasteiger partial charge in [0.25, 0.3) is 5.91 Å². The number of carbonyl (C=O) groups excluding carboxylic acids is 2. The fourth-order valence-electron chi connectivity index (χ4n) is 3.56. The second-order valence-electron chi connectivity index (χ2n) is 6.81.